The monoisotopic (exact) mass is 307 g/mol. The summed E-state index contributed by atoms with van der Waals surface area (Å²) >= 11 is 5.99. The Morgan fingerprint density at radius 1 is 1.38 bits per heavy atom. The van der Waals surface area contributed by atoms with Crippen molar-refractivity contribution < 1.29 is 9.53 Å². The minimum absolute atomic E-state index is 0.138. The summed E-state index contributed by atoms with van der Waals surface area (Å²) < 4.78 is 6.96. The van der Waals surface area contributed by atoms with Gasteiger partial charge in [-0.3, -0.25) is 4.79 Å². The van der Waals surface area contributed by atoms with Crippen molar-refractivity contribution in [1.82, 2.24) is 4.57 Å². The fourth-order valence-corrected chi connectivity index (χ4v) is 2.25. The number of hydrogen-bond acceptors (Lipinski definition) is 3. The average molecular weight is 308 g/mol. The van der Waals surface area contributed by atoms with Gasteiger partial charge in [0.15, 0.2) is 0 Å². The highest BCUT2D eigenvalue weighted by Crippen LogP contribution is 2.26. The molecule has 0 aliphatic carbocycles. The lowest BCUT2D eigenvalue weighted by atomic mass is 10.2. The van der Waals surface area contributed by atoms with Crippen LogP contribution in [0.5, 0.6) is 5.75 Å². The summed E-state index contributed by atoms with van der Waals surface area (Å²) in [7, 11) is 1.53. The summed E-state index contributed by atoms with van der Waals surface area (Å²) in [4.78, 5) is 12.4. The minimum Gasteiger partial charge on any atom is -0.495 e. The van der Waals surface area contributed by atoms with Gasteiger partial charge in [-0.15, -0.1) is 0 Å². The van der Waals surface area contributed by atoms with E-state index in [0.29, 0.717) is 27.8 Å². The molecule has 0 aliphatic heterocycles. The Bertz CT molecular complexity index is 665. The molecule has 1 aromatic carbocycles. The Morgan fingerprint density at radius 2 is 2.10 bits per heavy atom. The first-order chi connectivity index (χ1) is 9.92. The molecule has 21 heavy (non-hydrogen) atoms. The summed E-state index contributed by atoms with van der Waals surface area (Å²) in [6.07, 6.45) is 1.74. The molecule has 5 nitrogen and oxygen atoms in total. The highest BCUT2D eigenvalue weighted by atomic mass is 35.5. The Hall–Kier alpha value is -2.14. The number of anilines is 2. The second-order valence-corrected chi connectivity index (χ2v) is 5.39. The number of nitrogens with two attached hydrogens (primary N) is 1. The van der Waals surface area contributed by atoms with E-state index in [1.165, 1.54) is 7.11 Å². The van der Waals surface area contributed by atoms with E-state index in [0.717, 1.165) is 0 Å². The van der Waals surface area contributed by atoms with Crippen LogP contribution in [0.25, 0.3) is 0 Å². The van der Waals surface area contributed by atoms with Gasteiger partial charge in [0.25, 0.3) is 5.91 Å². The lowest BCUT2D eigenvalue weighted by Crippen LogP contribution is -2.17. The Kier molecular flexibility index (Phi) is 4.43. The van der Waals surface area contributed by atoms with Crippen molar-refractivity contribution in [2.24, 2.45) is 0 Å². The maximum absolute atomic E-state index is 12.4. The molecule has 1 aromatic heterocycles. The van der Waals surface area contributed by atoms with E-state index in [1.807, 2.05) is 18.4 Å². The number of hydrogen-bond donors (Lipinski definition) is 2. The zero-order valence-electron chi connectivity index (χ0n) is 12.2. The van der Waals surface area contributed by atoms with Crippen molar-refractivity contribution >= 4 is 28.9 Å². The zero-order valence-corrected chi connectivity index (χ0v) is 12.9. The molecule has 1 amide bonds. The molecule has 1 heterocycles. The largest absolute Gasteiger partial charge is 0.495 e. The molecular formula is C15H18ClN3O2. The van der Waals surface area contributed by atoms with Gasteiger partial charge in [-0.05, 0) is 32.0 Å². The van der Waals surface area contributed by atoms with Gasteiger partial charge >= 0.3 is 0 Å². The van der Waals surface area contributed by atoms with Gasteiger partial charge in [-0.2, -0.15) is 0 Å². The summed E-state index contributed by atoms with van der Waals surface area (Å²) in [6.45, 7) is 3.97. The van der Waals surface area contributed by atoms with Gasteiger partial charge in [0.05, 0.1) is 17.8 Å². The normalized spacial score (nSPS) is 10.7. The summed E-state index contributed by atoms with van der Waals surface area (Å²) in [5.74, 6) is 0.285. The fraction of sp³-hybridized carbons (Fsp3) is 0.267. The molecule has 0 radical (unpaired) electrons. The van der Waals surface area contributed by atoms with Crippen LogP contribution in [0.1, 0.15) is 30.4 Å². The Morgan fingerprint density at radius 3 is 2.71 bits per heavy atom. The van der Waals surface area contributed by atoms with E-state index in [-0.39, 0.29) is 11.9 Å². The number of nitrogen functional groups attached to an aromatic ring is 1. The maximum atomic E-state index is 12.4. The van der Waals surface area contributed by atoms with E-state index >= 15 is 0 Å². The van der Waals surface area contributed by atoms with Gasteiger partial charge in [-0.1, -0.05) is 11.6 Å². The molecule has 0 unspecified atom stereocenters. The predicted octanol–water partition coefficient (Wildman–Crippen LogP) is 3.57. The third kappa shape index (κ3) is 3.31. The van der Waals surface area contributed by atoms with Gasteiger partial charge in [0.2, 0.25) is 0 Å². The van der Waals surface area contributed by atoms with E-state index < -0.39 is 0 Å². The number of nitrogens with zero attached hydrogens (tertiary/aromatic N) is 1. The van der Waals surface area contributed by atoms with Crippen molar-refractivity contribution in [2.45, 2.75) is 19.9 Å². The third-order valence-corrected chi connectivity index (χ3v) is 3.30. The molecule has 2 rings (SSSR count). The number of carbonyl (C=O) groups is 1. The number of rotatable bonds is 4. The molecule has 0 atom stereocenters. The average Bonchev–Trinajstić information content (AvgIpc) is 2.83. The molecule has 6 heteroatoms. The predicted molar refractivity (Wildman–Crippen MR) is 85.2 cm³/mol. The molecule has 2 aromatic rings. The molecule has 0 spiro atoms. The van der Waals surface area contributed by atoms with Crippen molar-refractivity contribution in [1.29, 1.82) is 0 Å². The number of nitrogens with one attached hydrogen (secondary N) is 1. The van der Waals surface area contributed by atoms with Crippen molar-refractivity contribution in [3.63, 3.8) is 0 Å². The van der Waals surface area contributed by atoms with E-state index in [9.17, 15) is 4.79 Å². The molecule has 0 saturated heterocycles. The van der Waals surface area contributed by atoms with Crippen LogP contribution in [0, 0.1) is 0 Å². The molecule has 0 saturated carbocycles. The van der Waals surface area contributed by atoms with Gasteiger partial charge in [0, 0.05) is 24.0 Å². The highest BCUT2D eigenvalue weighted by Gasteiger charge is 2.15. The van der Waals surface area contributed by atoms with Crippen molar-refractivity contribution in [2.75, 3.05) is 18.2 Å². The molecule has 112 valence electrons. The van der Waals surface area contributed by atoms with Crippen molar-refractivity contribution in [3.8, 4) is 5.75 Å². The standard InChI is InChI=1S/C15H18ClN3O2/c1-9(2)19-8-10(16)6-13(19)15(20)18-11-4-5-12(17)14(7-11)21-3/h4-9H,17H2,1-3H3,(H,18,20). The first-order valence-electron chi connectivity index (χ1n) is 6.54. The van der Waals surface area contributed by atoms with Gasteiger partial charge in [-0.25, -0.2) is 0 Å². The number of methoxy groups -OCH3 is 1. The number of aromatic nitrogens is 1. The van der Waals surface area contributed by atoms with Gasteiger partial charge < -0.3 is 20.4 Å². The van der Waals surface area contributed by atoms with Crippen LogP contribution in [0.3, 0.4) is 0 Å². The summed E-state index contributed by atoms with van der Waals surface area (Å²) in [5.41, 5.74) is 7.38. The Balaban J connectivity index is 2.26. The third-order valence-electron chi connectivity index (χ3n) is 3.10. The summed E-state index contributed by atoms with van der Waals surface area (Å²) in [6, 6.07) is 6.87. The van der Waals surface area contributed by atoms with E-state index in [4.69, 9.17) is 22.1 Å². The molecule has 3 N–H and O–H groups in total. The molecular weight excluding hydrogens is 290 g/mol. The van der Waals surface area contributed by atoms with Crippen LogP contribution < -0.4 is 15.8 Å². The quantitative estimate of drug-likeness (QED) is 0.848. The summed E-state index contributed by atoms with van der Waals surface area (Å²) in [5, 5.41) is 3.35. The zero-order chi connectivity index (χ0) is 15.6. The number of ether oxygens (including phenoxy) is 1. The van der Waals surface area contributed by atoms with Crippen LogP contribution >= 0.6 is 11.6 Å². The topological polar surface area (TPSA) is 69.3 Å². The van der Waals surface area contributed by atoms with Crippen LogP contribution in [0.4, 0.5) is 11.4 Å². The molecule has 0 bridgehead atoms. The first kappa shape index (κ1) is 15.3. The SMILES string of the molecule is COc1cc(NC(=O)c2cc(Cl)cn2C(C)C)ccc1N. The molecule has 0 aliphatic rings. The van der Waals surface area contributed by atoms with Crippen molar-refractivity contribution in [3.05, 3.63) is 41.2 Å². The van der Waals surface area contributed by atoms with Crippen LogP contribution in [0.2, 0.25) is 5.02 Å². The lowest BCUT2D eigenvalue weighted by molar-refractivity contribution is 0.101. The highest BCUT2D eigenvalue weighted by molar-refractivity contribution is 6.31. The van der Waals surface area contributed by atoms with Crippen LogP contribution in [0.15, 0.2) is 30.5 Å². The number of halogens is 1. The molecule has 0 fully saturated rings. The fourth-order valence-electron chi connectivity index (χ4n) is 2.04. The smallest absolute Gasteiger partial charge is 0.272 e. The van der Waals surface area contributed by atoms with Crippen LogP contribution in [-0.4, -0.2) is 17.6 Å². The lowest BCUT2D eigenvalue weighted by Gasteiger charge is -2.13. The van der Waals surface area contributed by atoms with E-state index in [1.54, 1.807) is 30.5 Å². The number of carbonyl (C=O) groups excluding carboxylic acids is 1. The van der Waals surface area contributed by atoms with E-state index in [2.05, 4.69) is 5.32 Å². The number of amides is 1. The first-order valence-corrected chi connectivity index (χ1v) is 6.92. The van der Waals surface area contributed by atoms with Gasteiger partial charge in [0.1, 0.15) is 11.4 Å². The second-order valence-electron chi connectivity index (χ2n) is 4.96. The van der Waals surface area contributed by atoms with Crippen LogP contribution in [-0.2, 0) is 0 Å². The number of benzene rings is 1. The maximum Gasteiger partial charge on any atom is 0.272 e. The minimum atomic E-state index is -0.234. The second kappa shape index (κ2) is 6.10. The Labute approximate surface area is 128 Å².